The lowest BCUT2D eigenvalue weighted by Gasteiger charge is -2.06. The molecule has 3 rings (SSSR count). The fourth-order valence-electron chi connectivity index (χ4n) is 2.01. The second-order valence-electron chi connectivity index (χ2n) is 4.71. The molecule has 0 amide bonds. The van der Waals surface area contributed by atoms with E-state index in [1.165, 1.54) is 0 Å². The van der Waals surface area contributed by atoms with E-state index in [1.807, 2.05) is 44.2 Å². The summed E-state index contributed by atoms with van der Waals surface area (Å²) in [5.41, 5.74) is 3.15. The van der Waals surface area contributed by atoms with Crippen molar-refractivity contribution >= 4 is 5.69 Å². The molecule has 0 fully saturated rings. The number of rotatable bonds is 4. The molecule has 0 spiro atoms. The Kier molecular flexibility index (Phi) is 3.25. The van der Waals surface area contributed by atoms with Crippen LogP contribution in [-0.4, -0.2) is 15.2 Å². The largest absolute Gasteiger partial charge is 0.467 e. The molecule has 0 radical (unpaired) electrons. The number of nitrogens with one attached hydrogen (secondary N) is 2. The number of H-pyrrole nitrogens is 1. The van der Waals surface area contributed by atoms with Gasteiger partial charge in [0, 0.05) is 11.3 Å². The maximum absolute atomic E-state index is 5.41. The van der Waals surface area contributed by atoms with Crippen molar-refractivity contribution < 1.29 is 4.42 Å². The molecule has 0 aliphatic heterocycles. The Labute approximate surface area is 117 Å². The van der Waals surface area contributed by atoms with Gasteiger partial charge >= 0.3 is 0 Å². The SMILES string of the molecule is Cc1nc(-c2cccc(NCc3occc3C)c2)n[nH]1. The summed E-state index contributed by atoms with van der Waals surface area (Å²) in [5, 5.41) is 10.4. The standard InChI is InChI=1S/C15H16N4O/c1-10-6-7-20-14(10)9-16-13-5-3-4-12(8-13)15-17-11(2)18-19-15/h3-8,16H,9H2,1-2H3,(H,17,18,19). The maximum atomic E-state index is 5.41. The van der Waals surface area contributed by atoms with Crippen molar-refractivity contribution in [2.24, 2.45) is 0 Å². The van der Waals surface area contributed by atoms with Gasteiger partial charge in [-0.3, -0.25) is 5.10 Å². The molecule has 0 atom stereocenters. The van der Waals surface area contributed by atoms with Crippen LogP contribution in [0.2, 0.25) is 0 Å². The van der Waals surface area contributed by atoms with Gasteiger partial charge in [-0.1, -0.05) is 12.1 Å². The zero-order chi connectivity index (χ0) is 13.9. The second kappa shape index (κ2) is 5.21. The van der Waals surface area contributed by atoms with Crippen LogP contribution in [0.3, 0.4) is 0 Å². The van der Waals surface area contributed by atoms with Crippen molar-refractivity contribution in [3.05, 3.63) is 53.7 Å². The van der Waals surface area contributed by atoms with E-state index in [1.54, 1.807) is 6.26 Å². The Morgan fingerprint density at radius 3 is 2.85 bits per heavy atom. The minimum Gasteiger partial charge on any atom is -0.467 e. The molecule has 0 saturated carbocycles. The van der Waals surface area contributed by atoms with Gasteiger partial charge in [-0.2, -0.15) is 5.10 Å². The van der Waals surface area contributed by atoms with Gasteiger partial charge in [0.2, 0.25) is 0 Å². The second-order valence-corrected chi connectivity index (χ2v) is 4.71. The molecule has 2 N–H and O–H groups in total. The fourth-order valence-corrected chi connectivity index (χ4v) is 2.01. The Bertz CT molecular complexity index is 714. The molecule has 1 aromatic carbocycles. The molecule has 2 aromatic heterocycles. The number of hydrogen-bond acceptors (Lipinski definition) is 4. The Morgan fingerprint density at radius 1 is 1.25 bits per heavy atom. The average molecular weight is 268 g/mol. The van der Waals surface area contributed by atoms with Gasteiger partial charge in [-0.05, 0) is 37.6 Å². The van der Waals surface area contributed by atoms with Gasteiger partial charge in [-0.25, -0.2) is 4.98 Å². The normalized spacial score (nSPS) is 10.7. The summed E-state index contributed by atoms with van der Waals surface area (Å²) in [7, 11) is 0. The highest BCUT2D eigenvalue weighted by Crippen LogP contribution is 2.20. The Hall–Kier alpha value is -2.56. The van der Waals surface area contributed by atoms with Gasteiger partial charge in [0.15, 0.2) is 5.82 Å². The van der Waals surface area contributed by atoms with Crippen molar-refractivity contribution in [1.29, 1.82) is 0 Å². The van der Waals surface area contributed by atoms with E-state index in [-0.39, 0.29) is 0 Å². The van der Waals surface area contributed by atoms with Gasteiger partial charge < -0.3 is 9.73 Å². The van der Waals surface area contributed by atoms with E-state index < -0.39 is 0 Å². The molecule has 2 heterocycles. The third-order valence-electron chi connectivity index (χ3n) is 3.14. The lowest BCUT2D eigenvalue weighted by atomic mass is 10.2. The first kappa shape index (κ1) is 12.5. The van der Waals surface area contributed by atoms with Crippen LogP contribution in [0, 0.1) is 13.8 Å². The van der Waals surface area contributed by atoms with Crippen molar-refractivity contribution in [3.63, 3.8) is 0 Å². The first-order chi connectivity index (χ1) is 9.72. The summed E-state index contributed by atoms with van der Waals surface area (Å²) in [6.45, 7) is 4.58. The van der Waals surface area contributed by atoms with Crippen molar-refractivity contribution in [2.75, 3.05) is 5.32 Å². The van der Waals surface area contributed by atoms with Gasteiger partial charge in [0.1, 0.15) is 11.6 Å². The quantitative estimate of drug-likeness (QED) is 0.762. The molecule has 0 saturated heterocycles. The molecule has 102 valence electrons. The summed E-state index contributed by atoms with van der Waals surface area (Å²) in [4.78, 5) is 4.33. The molecular weight excluding hydrogens is 252 g/mol. The summed E-state index contributed by atoms with van der Waals surface area (Å²) < 4.78 is 5.41. The molecular formula is C15H16N4O. The minimum absolute atomic E-state index is 0.662. The minimum atomic E-state index is 0.662. The predicted octanol–water partition coefficient (Wildman–Crippen LogP) is 3.29. The average Bonchev–Trinajstić information content (AvgIpc) is 3.06. The van der Waals surface area contributed by atoms with Crippen molar-refractivity contribution in [1.82, 2.24) is 15.2 Å². The maximum Gasteiger partial charge on any atom is 0.181 e. The van der Waals surface area contributed by atoms with E-state index in [9.17, 15) is 0 Å². The van der Waals surface area contributed by atoms with Crippen LogP contribution in [0.25, 0.3) is 11.4 Å². The first-order valence-corrected chi connectivity index (χ1v) is 6.48. The van der Waals surface area contributed by atoms with E-state index >= 15 is 0 Å². The molecule has 3 aromatic rings. The first-order valence-electron chi connectivity index (χ1n) is 6.48. The van der Waals surface area contributed by atoms with Gasteiger partial charge in [-0.15, -0.1) is 0 Å². The molecule has 0 unspecified atom stereocenters. The smallest absolute Gasteiger partial charge is 0.181 e. The van der Waals surface area contributed by atoms with E-state index in [4.69, 9.17) is 4.42 Å². The highest BCUT2D eigenvalue weighted by Gasteiger charge is 2.05. The van der Waals surface area contributed by atoms with E-state index in [0.717, 1.165) is 28.4 Å². The number of nitrogens with zero attached hydrogens (tertiary/aromatic N) is 2. The molecule has 0 aliphatic rings. The number of benzene rings is 1. The molecule has 0 bridgehead atoms. The zero-order valence-electron chi connectivity index (χ0n) is 11.5. The van der Waals surface area contributed by atoms with Crippen molar-refractivity contribution in [3.8, 4) is 11.4 Å². The Balaban J connectivity index is 1.76. The monoisotopic (exact) mass is 268 g/mol. The molecule has 20 heavy (non-hydrogen) atoms. The van der Waals surface area contributed by atoms with E-state index in [0.29, 0.717) is 12.4 Å². The summed E-state index contributed by atoms with van der Waals surface area (Å²) >= 11 is 0. The number of aryl methyl sites for hydroxylation is 2. The van der Waals surface area contributed by atoms with Crippen molar-refractivity contribution in [2.45, 2.75) is 20.4 Å². The third-order valence-corrected chi connectivity index (χ3v) is 3.14. The molecule has 5 heteroatoms. The van der Waals surface area contributed by atoms with E-state index in [2.05, 4.69) is 20.5 Å². The van der Waals surface area contributed by atoms with Crippen LogP contribution < -0.4 is 5.32 Å². The third kappa shape index (κ3) is 2.56. The number of anilines is 1. The lowest BCUT2D eigenvalue weighted by Crippen LogP contribution is -1.99. The predicted molar refractivity (Wildman–Crippen MR) is 77.3 cm³/mol. The number of furan rings is 1. The number of aromatic amines is 1. The number of aromatic nitrogens is 3. The van der Waals surface area contributed by atoms with Crippen LogP contribution in [0.1, 0.15) is 17.1 Å². The van der Waals surface area contributed by atoms with Crippen LogP contribution in [0.4, 0.5) is 5.69 Å². The summed E-state index contributed by atoms with van der Waals surface area (Å²) in [6, 6.07) is 9.98. The lowest BCUT2D eigenvalue weighted by molar-refractivity contribution is 0.515. The summed E-state index contributed by atoms with van der Waals surface area (Å²) in [6.07, 6.45) is 1.71. The highest BCUT2D eigenvalue weighted by atomic mass is 16.3. The van der Waals surface area contributed by atoms with Crippen LogP contribution in [-0.2, 0) is 6.54 Å². The number of hydrogen-bond donors (Lipinski definition) is 2. The topological polar surface area (TPSA) is 66.7 Å². The van der Waals surface area contributed by atoms with Crippen LogP contribution in [0.5, 0.6) is 0 Å². The summed E-state index contributed by atoms with van der Waals surface area (Å²) in [5.74, 6) is 2.47. The highest BCUT2D eigenvalue weighted by molar-refractivity contribution is 5.62. The van der Waals surface area contributed by atoms with Crippen LogP contribution >= 0.6 is 0 Å². The van der Waals surface area contributed by atoms with Gasteiger partial charge in [0.25, 0.3) is 0 Å². The zero-order valence-corrected chi connectivity index (χ0v) is 11.5. The molecule has 5 nitrogen and oxygen atoms in total. The fraction of sp³-hybridized carbons (Fsp3) is 0.200. The van der Waals surface area contributed by atoms with Crippen LogP contribution in [0.15, 0.2) is 41.0 Å². The van der Waals surface area contributed by atoms with Gasteiger partial charge in [0.05, 0.1) is 12.8 Å². The molecule has 0 aliphatic carbocycles. The Morgan fingerprint density at radius 2 is 2.15 bits per heavy atom.